The van der Waals surface area contributed by atoms with Gasteiger partial charge in [0.25, 0.3) is 11.7 Å². The van der Waals surface area contributed by atoms with E-state index in [2.05, 4.69) is 0 Å². The molecule has 7 heteroatoms. The molecule has 1 unspecified atom stereocenters. The second kappa shape index (κ2) is 5.67. The fraction of sp³-hybridized carbons (Fsp3) is 0.571. The van der Waals surface area contributed by atoms with Gasteiger partial charge in [-0.3, -0.25) is 4.79 Å². The molecule has 1 atom stereocenters. The maximum absolute atomic E-state index is 12.3. The number of esters is 1. The van der Waals surface area contributed by atoms with Crippen molar-refractivity contribution in [2.45, 2.75) is 19.8 Å². The number of fused-ring (bicyclic) bond motifs is 1. The van der Waals surface area contributed by atoms with E-state index in [-0.39, 0.29) is 5.91 Å². The third-order valence-corrected chi connectivity index (χ3v) is 3.81. The molecule has 2 aliphatic heterocycles. The molecular formula is C14H20N3O4+. The molecule has 0 radical (unpaired) electrons. The minimum Gasteiger partial charge on any atom is -0.463 e. The average Bonchev–Trinajstić information content (AvgIpc) is 2.87. The zero-order chi connectivity index (χ0) is 15.7. The van der Waals surface area contributed by atoms with Crippen LogP contribution in [0.1, 0.15) is 19.8 Å². The highest BCUT2D eigenvalue weighted by Gasteiger charge is 2.51. The molecule has 7 nitrogen and oxygen atoms in total. The van der Waals surface area contributed by atoms with Crippen LogP contribution < -0.4 is 0 Å². The highest BCUT2D eigenvalue weighted by atomic mass is 16.5. The fourth-order valence-electron chi connectivity index (χ4n) is 2.65. The molecule has 0 aromatic carbocycles. The van der Waals surface area contributed by atoms with Crippen molar-refractivity contribution in [3.8, 4) is 0 Å². The Morgan fingerprint density at radius 3 is 2.57 bits per heavy atom. The van der Waals surface area contributed by atoms with E-state index < -0.39 is 17.9 Å². The molecule has 0 aromatic heterocycles. The number of hydrogen-bond acceptors (Lipinski definition) is 4. The van der Waals surface area contributed by atoms with Gasteiger partial charge in [-0.25, -0.2) is 19.1 Å². The third-order valence-electron chi connectivity index (χ3n) is 3.81. The second-order valence-corrected chi connectivity index (χ2v) is 5.12. The summed E-state index contributed by atoms with van der Waals surface area (Å²) in [7, 11) is 4.36. The summed E-state index contributed by atoms with van der Waals surface area (Å²) >= 11 is 0. The summed E-state index contributed by atoms with van der Waals surface area (Å²) in [5.74, 6) is -0.890. The van der Waals surface area contributed by atoms with Crippen LogP contribution in [0.3, 0.4) is 0 Å². The van der Waals surface area contributed by atoms with Crippen LogP contribution in [0.25, 0.3) is 0 Å². The van der Waals surface area contributed by atoms with Gasteiger partial charge in [0, 0.05) is 7.05 Å². The number of methoxy groups -OCH3 is 1. The van der Waals surface area contributed by atoms with Gasteiger partial charge in [0.15, 0.2) is 5.92 Å². The van der Waals surface area contributed by atoms with E-state index in [0.717, 1.165) is 17.7 Å². The first kappa shape index (κ1) is 15.2. The summed E-state index contributed by atoms with van der Waals surface area (Å²) in [5, 5.41) is 0. The Balaban J connectivity index is 2.51. The number of amidine groups is 1. The highest BCUT2D eigenvalue weighted by Crippen LogP contribution is 2.26. The molecule has 0 N–H and O–H groups in total. The molecule has 21 heavy (non-hydrogen) atoms. The van der Waals surface area contributed by atoms with Gasteiger partial charge in [-0.1, -0.05) is 13.3 Å². The van der Waals surface area contributed by atoms with Crippen molar-refractivity contribution >= 4 is 23.7 Å². The number of unbranched alkanes of at least 4 members (excludes halogenated alkanes) is 1. The van der Waals surface area contributed by atoms with Gasteiger partial charge in [-0.05, 0) is 12.5 Å². The SMILES string of the molecule is CCCC[N+]1=C2C(C=C1C(=O)OC)C(=O)N(C)C(=O)N2C. The average molecular weight is 294 g/mol. The summed E-state index contributed by atoms with van der Waals surface area (Å²) in [4.78, 5) is 38.8. The topological polar surface area (TPSA) is 69.9 Å². The summed E-state index contributed by atoms with van der Waals surface area (Å²) < 4.78 is 6.51. The monoisotopic (exact) mass is 294 g/mol. The summed E-state index contributed by atoms with van der Waals surface area (Å²) in [6.45, 7) is 2.60. The minimum atomic E-state index is -0.608. The Morgan fingerprint density at radius 1 is 1.33 bits per heavy atom. The van der Waals surface area contributed by atoms with Crippen LogP contribution >= 0.6 is 0 Å². The van der Waals surface area contributed by atoms with Crippen molar-refractivity contribution in [3.63, 3.8) is 0 Å². The Hall–Kier alpha value is -2.18. The predicted molar refractivity (Wildman–Crippen MR) is 74.6 cm³/mol. The maximum atomic E-state index is 12.3. The van der Waals surface area contributed by atoms with Crippen molar-refractivity contribution in [3.05, 3.63) is 11.8 Å². The lowest BCUT2D eigenvalue weighted by molar-refractivity contribution is -0.475. The van der Waals surface area contributed by atoms with Crippen molar-refractivity contribution in [1.82, 2.24) is 9.80 Å². The number of carbonyl (C=O) groups is 3. The zero-order valence-electron chi connectivity index (χ0n) is 12.8. The number of amides is 3. The lowest BCUT2D eigenvalue weighted by atomic mass is 10.0. The van der Waals surface area contributed by atoms with Crippen LogP contribution in [0, 0.1) is 5.92 Å². The molecular weight excluding hydrogens is 274 g/mol. The van der Waals surface area contributed by atoms with E-state index in [0.29, 0.717) is 18.1 Å². The number of carbonyl (C=O) groups excluding carboxylic acids is 3. The third kappa shape index (κ3) is 2.32. The molecule has 0 bridgehead atoms. The molecule has 1 saturated heterocycles. The van der Waals surface area contributed by atoms with Gasteiger partial charge >= 0.3 is 12.0 Å². The largest absolute Gasteiger partial charge is 0.463 e. The van der Waals surface area contributed by atoms with E-state index >= 15 is 0 Å². The Labute approximate surface area is 123 Å². The summed E-state index contributed by atoms with van der Waals surface area (Å²) in [5.41, 5.74) is 0.328. The van der Waals surface area contributed by atoms with Crippen LogP contribution in [0.15, 0.2) is 11.8 Å². The number of ether oxygens (including phenoxy) is 1. The molecule has 1 fully saturated rings. The fourth-order valence-corrected chi connectivity index (χ4v) is 2.65. The van der Waals surface area contributed by atoms with E-state index in [1.807, 2.05) is 6.92 Å². The van der Waals surface area contributed by atoms with Crippen molar-refractivity contribution in [1.29, 1.82) is 0 Å². The molecule has 114 valence electrons. The van der Waals surface area contributed by atoms with Gasteiger partial charge < -0.3 is 4.74 Å². The highest BCUT2D eigenvalue weighted by molar-refractivity contribution is 6.18. The second-order valence-electron chi connectivity index (χ2n) is 5.12. The maximum Gasteiger partial charge on any atom is 0.417 e. The van der Waals surface area contributed by atoms with Crippen molar-refractivity contribution in [2.24, 2.45) is 5.92 Å². The van der Waals surface area contributed by atoms with Crippen LogP contribution in [-0.2, 0) is 14.3 Å². The molecule has 0 aromatic rings. The number of hydrogen-bond donors (Lipinski definition) is 0. The molecule has 0 spiro atoms. The number of nitrogens with zero attached hydrogens (tertiary/aromatic N) is 3. The molecule has 3 amide bonds. The minimum absolute atomic E-state index is 0.325. The summed E-state index contributed by atoms with van der Waals surface area (Å²) in [6, 6.07) is -0.396. The first-order valence-electron chi connectivity index (χ1n) is 6.93. The molecule has 2 rings (SSSR count). The van der Waals surface area contributed by atoms with E-state index in [4.69, 9.17) is 4.74 Å². The molecule has 2 aliphatic rings. The molecule has 2 heterocycles. The Morgan fingerprint density at radius 2 is 2.00 bits per heavy atom. The lowest BCUT2D eigenvalue weighted by Gasteiger charge is -2.27. The zero-order valence-corrected chi connectivity index (χ0v) is 12.8. The van der Waals surface area contributed by atoms with Gasteiger partial charge in [0.05, 0.1) is 20.7 Å². The van der Waals surface area contributed by atoms with Gasteiger partial charge in [-0.2, -0.15) is 4.90 Å². The normalized spacial score (nSPS) is 21.7. The Bertz CT molecular complexity index is 565. The predicted octanol–water partition coefficient (Wildman–Crippen LogP) is 0.408. The van der Waals surface area contributed by atoms with Crippen LogP contribution in [-0.4, -0.2) is 65.9 Å². The van der Waals surface area contributed by atoms with Gasteiger partial charge in [-0.15, -0.1) is 0 Å². The van der Waals surface area contributed by atoms with E-state index in [1.54, 1.807) is 17.7 Å². The standard InChI is InChI=1S/C14H20N3O4/c1-5-6-7-17-10(13(19)21-4)8-9-11(17)15(2)14(20)16(3)12(9)18/h8-9H,5-7H2,1-4H3/q+1. The van der Waals surface area contributed by atoms with E-state index in [9.17, 15) is 14.4 Å². The molecule has 0 aliphatic carbocycles. The summed E-state index contributed by atoms with van der Waals surface area (Å²) in [6.07, 6.45) is 3.36. The Kier molecular flexibility index (Phi) is 4.11. The smallest absolute Gasteiger partial charge is 0.417 e. The quantitative estimate of drug-likeness (QED) is 0.556. The first-order chi connectivity index (χ1) is 9.93. The van der Waals surface area contributed by atoms with Crippen molar-refractivity contribution < 1.29 is 23.7 Å². The van der Waals surface area contributed by atoms with Crippen LogP contribution in [0.4, 0.5) is 4.79 Å². The van der Waals surface area contributed by atoms with Crippen LogP contribution in [0.5, 0.6) is 0 Å². The molecule has 0 saturated carbocycles. The number of urea groups is 1. The number of imide groups is 1. The van der Waals surface area contributed by atoms with Gasteiger partial charge in [0.2, 0.25) is 5.70 Å². The van der Waals surface area contributed by atoms with Crippen LogP contribution in [0.2, 0.25) is 0 Å². The van der Waals surface area contributed by atoms with Crippen molar-refractivity contribution in [2.75, 3.05) is 27.7 Å². The lowest BCUT2D eigenvalue weighted by Crippen LogP contribution is -2.57. The number of rotatable bonds is 4. The van der Waals surface area contributed by atoms with E-state index in [1.165, 1.54) is 19.1 Å². The first-order valence-corrected chi connectivity index (χ1v) is 6.93. The van der Waals surface area contributed by atoms with Gasteiger partial charge in [0.1, 0.15) is 0 Å².